The van der Waals surface area contributed by atoms with Crippen LogP contribution in [-0.4, -0.2) is 13.2 Å². The Kier molecular flexibility index (Phi) is 6.93. The second-order valence-electron chi connectivity index (χ2n) is 5.75. The van der Waals surface area contributed by atoms with Gasteiger partial charge in [0.05, 0.1) is 6.61 Å². The Labute approximate surface area is 118 Å². The molecule has 0 aliphatic heterocycles. The molecule has 1 aromatic rings. The van der Waals surface area contributed by atoms with Crippen LogP contribution in [0.4, 0.5) is 0 Å². The zero-order chi connectivity index (χ0) is 14.3. The van der Waals surface area contributed by atoms with Crippen LogP contribution >= 0.6 is 0 Å². The highest BCUT2D eigenvalue weighted by molar-refractivity contribution is 5.39. The molecule has 0 amide bonds. The van der Waals surface area contributed by atoms with Crippen molar-refractivity contribution in [2.24, 2.45) is 5.92 Å². The highest BCUT2D eigenvalue weighted by Crippen LogP contribution is 2.26. The van der Waals surface area contributed by atoms with Gasteiger partial charge in [0, 0.05) is 11.6 Å². The minimum Gasteiger partial charge on any atom is -0.493 e. The Morgan fingerprint density at radius 3 is 2.58 bits per heavy atom. The second kappa shape index (κ2) is 8.21. The van der Waals surface area contributed by atoms with Gasteiger partial charge in [0.15, 0.2) is 0 Å². The van der Waals surface area contributed by atoms with Gasteiger partial charge in [-0.25, -0.2) is 0 Å². The largest absolute Gasteiger partial charge is 0.493 e. The molecule has 1 rings (SSSR count). The van der Waals surface area contributed by atoms with Crippen LogP contribution in [0.1, 0.15) is 57.7 Å². The molecule has 19 heavy (non-hydrogen) atoms. The molecule has 2 heteroatoms. The predicted molar refractivity (Wildman–Crippen MR) is 82.8 cm³/mol. The van der Waals surface area contributed by atoms with Crippen molar-refractivity contribution < 1.29 is 4.74 Å². The van der Waals surface area contributed by atoms with E-state index in [1.807, 2.05) is 0 Å². The lowest BCUT2D eigenvalue weighted by Crippen LogP contribution is -2.20. The smallest absolute Gasteiger partial charge is 0.124 e. The Morgan fingerprint density at radius 2 is 1.95 bits per heavy atom. The Bertz CT molecular complexity index is 374. The molecule has 1 atom stereocenters. The Hall–Kier alpha value is -1.02. The zero-order valence-corrected chi connectivity index (χ0v) is 13.1. The maximum absolute atomic E-state index is 5.99. The van der Waals surface area contributed by atoms with Crippen LogP contribution in [0.2, 0.25) is 0 Å². The van der Waals surface area contributed by atoms with Crippen LogP contribution in [0.25, 0.3) is 0 Å². The van der Waals surface area contributed by atoms with Crippen molar-refractivity contribution in [1.29, 1.82) is 0 Å². The van der Waals surface area contributed by atoms with E-state index in [2.05, 4.69) is 58.1 Å². The molecular formula is C17H29NO. The third-order valence-corrected chi connectivity index (χ3v) is 3.29. The summed E-state index contributed by atoms with van der Waals surface area (Å²) in [5, 5.41) is 3.53. The van der Waals surface area contributed by atoms with Gasteiger partial charge in [-0.3, -0.25) is 0 Å². The Morgan fingerprint density at radius 1 is 1.21 bits per heavy atom. The van der Waals surface area contributed by atoms with Gasteiger partial charge in [-0.15, -0.1) is 0 Å². The van der Waals surface area contributed by atoms with Crippen LogP contribution in [0.15, 0.2) is 18.2 Å². The molecule has 0 saturated heterocycles. The molecule has 0 aliphatic carbocycles. The van der Waals surface area contributed by atoms with Gasteiger partial charge in [0.1, 0.15) is 5.75 Å². The van der Waals surface area contributed by atoms with Gasteiger partial charge >= 0.3 is 0 Å². The minimum absolute atomic E-state index is 0.342. The van der Waals surface area contributed by atoms with E-state index in [-0.39, 0.29) is 0 Å². The van der Waals surface area contributed by atoms with E-state index < -0.39 is 0 Å². The number of benzene rings is 1. The molecule has 2 nitrogen and oxygen atoms in total. The van der Waals surface area contributed by atoms with E-state index in [1.165, 1.54) is 11.1 Å². The maximum atomic E-state index is 5.99. The summed E-state index contributed by atoms with van der Waals surface area (Å²) in [6.45, 7) is 12.8. The van der Waals surface area contributed by atoms with Crippen molar-refractivity contribution in [2.75, 3.05) is 13.2 Å². The van der Waals surface area contributed by atoms with Crippen molar-refractivity contribution in [1.82, 2.24) is 5.32 Å². The third-order valence-electron chi connectivity index (χ3n) is 3.29. The maximum Gasteiger partial charge on any atom is 0.124 e. The number of rotatable bonds is 8. The number of aryl methyl sites for hydroxylation is 1. The quantitative estimate of drug-likeness (QED) is 0.746. The zero-order valence-electron chi connectivity index (χ0n) is 13.1. The average Bonchev–Trinajstić information content (AvgIpc) is 2.35. The standard InChI is InChI=1S/C17H29NO/c1-6-10-18-15(5)16-8-7-14(4)12-17(16)19-11-9-13(2)3/h7-8,12-13,15,18H,6,9-11H2,1-5H3. The predicted octanol–water partition coefficient (Wildman–Crippen LogP) is 4.48. The number of nitrogens with one attached hydrogen (secondary N) is 1. The summed E-state index contributed by atoms with van der Waals surface area (Å²) >= 11 is 0. The van der Waals surface area contributed by atoms with Gasteiger partial charge in [0.25, 0.3) is 0 Å². The monoisotopic (exact) mass is 263 g/mol. The summed E-state index contributed by atoms with van der Waals surface area (Å²) in [5.41, 5.74) is 2.52. The summed E-state index contributed by atoms with van der Waals surface area (Å²) in [6.07, 6.45) is 2.25. The molecule has 108 valence electrons. The minimum atomic E-state index is 0.342. The molecule has 0 radical (unpaired) electrons. The van der Waals surface area contributed by atoms with Crippen molar-refractivity contribution >= 4 is 0 Å². The fraction of sp³-hybridized carbons (Fsp3) is 0.647. The molecule has 0 aromatic heterocycles. The summed E-state index contributed by atoms with van der Waals surface area (Å²) in [4.78, 5) is 0. The van der Waals surface area contributed by atoms with Gasteiger partial charge in [-0.2, -0.15) is 0 Å². The normalized spacial score (nSPS) is 12.7. The number of hydrogen-bond donors (Lipinski definition) is 1. The summed E-state index contributed by atoms with van der Waals surface area (Å²) < 4.78 is 5.99. The highest BCUT2D eigenvalue weighted by atomic mass is 16.5. The molecule has 1 unspecified atom stereocenters. The first kappa shape index (κ1) is 16.0. The molecule has 0 fully saturated rings. The van der Waals surface area contributed by atoms with E-state index in [4.69, 9.17) is 4.74 Å². The fourth-order valence-electron chi connectivity index (χ4n) is 2.00. The molecule has 0 spiro atoms. The second-order valence-corrected chi connectivity index (χ2v) is 5.75. The lowest BCUT2D eigenvalue weighted by Gasteiger charge is -2.19. The summed E-state index contributed by atoms with van der Waals surface area (Å²) in [5.74, 6) is 1.72. The van der Waals surface area contributed by atoms with E-state index >= 15 is 0 Å². The molecule has 1 aromatic carbocycles. The number of ether oxygens (including phenoxy) is 1. The molecule has 0 saturated carbocycles. The van der Waals surface area contributed by atoms with Gasteiger partial charge in [-0.1, -0.05) is 32.9 Å². The molecule has 0 heterocycles. The first-order chi connectivity index (χ1) is 9.04. The van der Waals surface area contributed by atoms with E-state index in [9.17, 15) is 0 Å². The van der Waals surface area contributed by atoms with Crippen LogP contribution in [0, 0.1) is 12.8 Å². The first-order valence-electron chi connectivity index (χ1n) is 7.51. The molecule has 0 bridgehead atoms. The lowest BCUT2D eigenvalue weighted by molar-refractivity contribution is 0.284. The molecule has 1 N–H and O–H groups in total. The first-order valence-corrected chi connectivity index (χ1v) is 7.51. The van der Waals surface area contributed by atoms with Gasteiger partial charge < -0.3 is 10.1 Å². The van der Waals surface area contributed by atoms with Crippen molar-refractivity contribution in [2.45, 2.75) is 53.5 Å². The van der Waals surface area contributed by atoms with Gasteiger partial charge in [-0.05, 0) is 50.8 Å². The summed E-state index contributed by atoms with van der Waals surface area (Å²) in [6, 6.07) is 6.84. The van der Waals surface area contributed by atoms with Crippen molar-refractivity contribution in [3.8, 4) is 5.75 Å². The topological polar surface area (TPSA) is 21.3 Å². The van der Waals surface area contributed by atoms with Crippen LogP contribution in [0.3, 0.4) is 0 Å². The van der Waals surface area contributed by atoms with E-state index in [1.54, 1.807) is 0 Å². The van der Waals surface area contributed by atoms with Gasteiger partial charge in [0.2, 0.25) is 0 Å². The highest BCUT2D eigenvalue weighted by Gasteiger charge is 2.11. The van der Waals surface area contributed by atoms with Crippen LogP contribution in [0.5, 0.6) is 5.75 Å². The Balaban J connectivity index is 2.73. The molecular weight excluding hydrogens is 234 g/mol. The third kappa shape index (κ3) is 5.65. The van der Waals surface area contributed by atoms with Crippen molar-refractivity contribution in [3.63, 3.8) is 0 Å². The lowest BCUT2D eigenvalue weighted by atomic mass is 10.0. The van der Waals surface area contributed by atoms with Crippen LogP contribution < -0.4 is 10.1 Å². The SMILES string of the molecule is CCCNC(C)c1ccc(C)cc1OCCC(C)C. The number of hydrogen-bond acceptors (Lipinski definition) is 2. The van der Waals surface area contributed by atoms with E-state index in [0.717, 1.165) is 31.7 Å². The van der Waals surface area contributed by atoms with Crippen LogP contribution in [-0.2, 0) is 0 Å². The van der Waals surface area contributed by atoms with Crippen molar-refractivity contribution in [3.05, 3.63) is 29.3 Å². The van der Waals surface area contributed by atoms with E-state index in [0.29, 0.717) is 12.0 Å². The molecule has 0 aliphatic rings. The fourth-order valence-corrected chi connectivity index (χ4v) is 2.00. The average molecular weight is 263 g/mol. The summed E-state index contributed by atoms with van der Waals surface area (Å²) in [7, 11) is 0.